The van der Waals surface area contributed by atoms with Crippen molar-refractivity contribution in [3.63, 3.8) is 0 Å². The van der Waals surface area contributed by atoms with Gasteiger partial charge in [-0.2, -0.15) is 0 Å². The second-order valence-electron chi connectivity index (χ2n) is 6.55. The first-order valence-corrected chi connectivity index (χ1v) is 7.52. The fraction of sp³-hybridized carbons (Fsp3) is 0.529. The predicted octanol–water partition coefficient (Wildman–Crippen LogP) is 2.63. The minimum atomic E-state index is -0.677. The Labute approximate surface area is 124 Å². The Bertz CT molecular complexity index is 600. The highest BCUT2D eigenvalue weighted by Gasteiger charge is 2.59. The van der Waals surface area contributed by atoms with Gasteiger partial charge < -0.3 is 10.0 Å². The summed E-state index contributed by atoms with van der Waals surface area (Å²) in [7, 11) is 0. The molecular formula is C17H21NO3. The molecule has 1 saturated carbocycles. The number of carboxylic acid groups (broad SMARTS) is 1. The molecule has 21 heavy (non-hydrogen) atoms. The highest BCUT2D eigenvalue weighted by atomic mass is 16.4. The average Bonchev–Trinajstić information content (AvgIpc) is 3.16. The van der Waals surface area contributed by atoms with Gasteiger partial charge in [0.1, 0.15) is 0 Å². The lowest BCUT2D eigenvalue weighted by Gasteiger charge is -2.32. The van der Waals surface area contributed by atoms with Crippen LogP contribution >= 0.6 is 0 Å². The van der Waals surface area contributed by atoms with Gasteiger partial charge in [-0.1, -0.05) is 6.07 Å². The molecule has 0 bridgehead atoms. The highest BCUT2D eigenvalue weighted by Crippen LogP contribution is 2.59. The maximum absolute atomic E-state index is 12.5. The maximum Gasteiger partial charge on any atom is 0.307 e. The predicted molar refractivity (Wildman–Crippen MR) is 79.2 cm³/mol. The van der Waals surface area contributed by atoms with E-state index in [-0.39, 0.29) is 17.2 Å². The van der Waals surface area contributed by atoms with Crippen molar-refractivity contribution in [3.05, 3.63) is 34.9 Å². The Hall–Kier alpha value is -1.84. The van der Waals surface area contributed by atoms with Crippen LogP contribution in [0.3, 0.4) is 0 Å². The normalized spacial score (nSPS) is 23.1. The monoisotopic (exact) mass is 287 g/mol. The zero-order chi connectivity index (χ0) is 15.2. The van der Waals surface area contributed by atoms with Crippen LogP contribution in [-0.2, 0) is 4.79 Å². The molecule has 2 aliphatic rings. The number of carbonyl (C=O) groups is 2. The summed E-state index contributed by atoms with van der Waals surface area (Å²) in [5, 5.41) is 9.10. The minimum Gasteiger partial charge on any atom is -0.481 e. The van der Waals surface area contributed by atoms with E-state index in [0.29, 0.717) is 13.1 Å². The lowest BCUT2D eigenvalue weighted by Crippen LogP contribution is -2.40. The molecular weight excluding hydrogens is 266 g/mol. The van der Waals surface area contributed by atoms with Gasteiger partial charge in [0, 0.05) is 18.7 Å². The Balaban J connectivity index is 1.66. The van der Waals surface area contributed by atoms with Crippen LogP contribution in [0.4, 0.5) is 0 Å². The SMILES string of the molecule is Cc1ccc(C(=O)N2CCC3(CC2)CC3C(=O)O)cc1C. The smallest absolute Gasteiger partial charge is 0.307 e. The average molecular weight is 287 g/mol. The molecule has 4 heteroatoms. The van der Waals surface area contributed by atoms with Crippen LogP contribution in [-0.4, -0.2) is 35.0 Å². The van der Waals surface area contributed by atoms with E-state index in [1.54, 1.807) is 0 Å². The molecule has 0 radical (unpaired) electrons. The van der Waals surface area contributed by atoms with Crippen molar-refractivity contribution in [1.82, 2.24) is 4.90 Å². The van der Waals surface area contributed by atoms with Crippen molar-refractivity contribution in [2.24, 2.45) is 11.3 Å². The third-order valence-electron chi connectivity index (χ3n) is 5.29. The number of amides is 1. The number of aliphatic carboxylic acids is 1. The van der Waals surface area contributed by atoms with E-state index < -0.39 is 5.97 Å². The molecule has 1 spiro atoms. The molecule has 1 aliphatic carbocycles. The number of aryl methyl sites for hydroxylation is 2. The second kappa shape index (κ2) is 4.86. The molecule has 0 aromatic heterocycles. The van der Waals surface area contributed by atoms with Gasteiger partial charge >= 0.3 is 5.97 Å². The van der Waals surface area contributed by atoms with Gasteiger partial charge in [0.2, 0.25) is 0 Å². The number of likely N-dealkylation sites (tertiary alicyclic amines) is 1. The summed E-state index contributed by atoms with van der Waals surface area (Å²) < 4.78 is 0. The van der Waals surface area contributed by atoms with Gasteiger partial charge in [-0.25, -0.2) is 0 Å². The van der Waals surface area contributed by atoms with Crippen molar-refractivity contribution in [1.29, 1.82) is 0 Å². The standard InChI is InChI=1S/C17H21NO3/c1-11-3-4-13(9-12(11)2)15(19)18-7-5-17(6-8-18)10-14(17)16(20)21/h3-4,9,14H,5-8,10H2,1-2H3,(H,20,21). The number of carboxylic acids is 1. The van der Waals surface area contributed by atoms with E-state index in [9.17, 15) is 9.59 Å². The summed E-state index contributed by atoms with van der Waals surface area (Å²) in [5.41, 5.74) is 3.03. The fourth-order valence-corrected chi connectivity index (χ4v) is 3.46. The Morgan fingerprint density at radius 1 is 1.19 bits per heavy atom. The largest absolute Gasteiger partial charge is 0.481 e. The first-order valence-electron chi connectivity index (χ1n) is 7.52. The summed E-state index contributed by atoms with van der Waals surface area (Å²) in [6, 6.07) is 5.81. The van der Waals surface area contributed by atoms with E-state index in [0.717, 1.165) is 30.4 Å². The van der Waals surface area contributed by atoms with Gasteiger partial charge in [-0.15, -0.1) is 0 Å². The van der Waals surface area contributed by atoms with Crippen molar-refractivity contribution in [2.45, 2.75) is 33.1 Å². The lowest BCUT2D eigenvalue weighted by molar-refractivity contribution is -0.139. The summed E-state index contributed by atoms with van der Waals surface area (Å²) in [6.45, 7) is 5.40. The summed E-state index contributed by atoms with van der Waals surface area (Å²) in [4.78, 5) is 25.4. The number of hydrogen-bond donors (Lipinski definition) is 1. The summed E-state index contributed by atoms with van der Waals surface area (Å²) in [6.07, 6.45) is 2.43. The third kappa shape index (κ3) is 2.43. The van der Waals surface area contributed by atoms with Gasteiger partial charge in [-0.3, -0.25) is 9.59 Å². The van der Waals surface area contributed by atoms with Gasteiger partial charge in [0.25, 0.3) is 5.91 Å². The van der Waals surface area contributed by atoms with E-state index >= 15 is 0 Å². The minimum absolute atomic E-state index is 0.0220. The molecule has 1 saturated heterocycles. The molecule has 1 unspecified atom stereocenters. The van der Waals surface area contributed by atoms with E-state index in [1.165, 1.54) is 5.56 Å². The van der Waals surface area contributed by atoms with Crippen molar-refractivity contribution >= 4 is 11.9 Å². The molecule has 1 heterocycles. The second-order valence-corrected chi connectivity index (χ2v) is 6.55. The molecule has 1 aromatic carbocycles. The van der Waals surface area contributed by atoms with Crippen molar-refractivity contribution in [2.75, 3.05) is 13.1 Å². The molecule has 1 N–H and O–H groups in total. The molecule has 4 nitrogen and oxygen atoms in total. The molecule has 1 atom stereocenters. The summed E-state index contributed by atoms with van der Waals surface area (Å²) >= 11 is 0. The number of nitrogens with zero attached hydrogens (tertiary/aromatic N) is 1. The van der Waals surface area contributed by atoms with Crippen LogP contribution in [0.2, 0.25) is 0 Å². The van der Waals surface area contributed by atoms with Crippen LogP contribution in [0, 0.1) is 25.2 Å². The first-order chi connectivity index (χ1) is 9.93. The van der Waals surface area contributed by atoms with Crippen molar-refractivity contribution in [3.8, 4) is 0 Å². The molecule has 3 rings (SSSR count). The number of piperidine rings is 1. The topological polar surface area (TPSA) is 57.6 Å². The van der Waals surface area contributed by atoms with Crippen LogP contribution in [0.5, 0.6) is 0 Å². The number of benzene rings is 1. The quantitative estimate of drug-likeness (QED) is 0.909. The zero-order valence-corrected chi connectivity index (χ0v) is 12.6. The maximum atomic E-state index is 12.5. The van der Waals surface area contributed by atoms with Gasteiger partial charge in [-0.05, 0) is 61.8 Å². The number of hydrogen-bond acceptors (Lipinski definition) is 2. The van der Waals surface area contributed by atoms with Gasteiger partial charge in [0.15, 0.2) is 0 Å². The molecule has 1 amide bonds. The number of carbonyl (C=O) groups excluding carboxylic acids is 1. The van der Waals surface area contributed by atoms with Gasteiger partial charge in [0.05, 0.1) is 5.92 Å². The Morgan fingerprint density at radius 2 is 1.86 bits per heavy atom. The van der Waals surface area contributed by atoms with Crippen LogP contribution in [0.25, 0.3) is 0 Å². The molecule has 1 aliphatic heterocycles. The Morgan fingerprint density at radius 3 is 2.38 bits per heavy atom. The van der Waals surface area contributed by atoms with Crippen LogP contribution < -0.4 is 0 Å². The van der Waals surface area contributed by atoms with E-state index in [2.05, 4.69) is 0 Å². The third-order valence-corrected chi connectivity index (χ3v) is 5.29. The molecule has 2 fully saturated rings. The van der Waals surface area contributed by atoms with Crippen LogP contribution in [0.15, 0.2) is 18.2 Å². The number of rotatable bonds is 2. The fourth-order valence-electron chi connectivity index (χ4n) is 3.46. The van der Waals surface area contributed by atoms with Crippen molar-refractivity contribution < 1.29 is 14.7 Å². The van der Waals surface area contributed by atoms with E-state index in [1.807, 2.05) is 36.9 Å². The van der Waals surface area contributed by atoms with Crippen LogP contribution in [0.1, 0.15) is 40.7 Å². The molecule has 112 valence electrons. The lowest BCUT2D eigenvalue weighted by atomic mass is 9.90. The first kappa shape index (κ1) is 14.1. The molecule has 1 aromatic rings. The Kier molecular flexibility index (Phi) is 3.27. The summed E-state index contributed by atoms with van der Waals surface area (Å²) in [5.74, 6) is -0.791. The zero-order valence-electron chi connectivity index (χ0n) is 12.6. The highest BCUT2D eigenvalue weighted by molar-refractivity contribution is 5.94. The van der Waals surface area contributed by atoms with E-state index in [4.69, 9.17) is 5.11 Å².